The molecule has 2 aliphatic rings. The molecule has 3 nitrogen and oxygen atoms in total. The number of hydrogen-bond donors (Lipinski definition) is 1. The highest BCUT2D eigenvalue weighted by Gasteiger charge is 2.38. The summed E-state index contributed by atoms with van der Waals surface area (Å²) in [6.07, 6.45) is 3.93. The highest BCUT2D eigenvalue weighted by molar-refractivity contribution is 7.09. The van der Waals surface area contributed by atoms with Gasteiger partial charge in [0.05, 0.1) is 6.54 Å². The molecular formula is C13H22ClN3S. The van der Waals surface area contributed by atoms with Crippen molar-refractivity contribution in [3.05, 3.63) is 16.1 Å². The molecular weight excluding hydrogens is 266 g/mol. The Morgan fingerprint density at radius 2 is 2.28 bits per heavy atom. The molecule has 2 N–H and O–H groups in total. The Morgan fingerprint density at radius 3 is 2.94 bits per heavy atom. The van der Waals surface area contributed by atoms with Crippen molar-refractivity contribution in [2.75, 3.05) is 13.1 Å². The Morgan fingerprint density at radius 1 is 1.44 bits per heavy atom. The maximum absolute atomic E-state index is 6.24. The van der Waals surface area contributed by atoms with Crippen LogP contribution in [0.2, 0.25) is 0 Å². The van der Waals surface area contributed by atoms with Crippen molar-refractivity contribution < 1.29 is 0 Å². The number of rotatable bonds is 2. The Bertz CT molecular complexity index is 395. The van der Waals surface area contributed by atoms with Crippen molar-refractivity contribution in [2.24, 2.45) is 17.6 Å². The van der Waals surface area contributed by atoms with Crippen LogP contribution in [0.25, 0.3) is 0 Å². The molecule has 2 heterocycles. The lowest BCUT2D eigenvalue weighted by atomic mass is 9.78. The van der Waals surface area contributed by atoms with Gasteiger partial charge in [-0.2, -0.15) is 0 Å². The van der Waals surface area contributed by atoms with Crippen LogP contribution in [0.5, 0.6) is 0 Å². The summed E-state index contributed by atoms with van der Waals surface area (Å²) in [6.45, 7) is 5.51. The Balaban J connectivity index is 0.00000120. The minimum Gasteiger partial charge on any atom is -0.327 e. The Kier molecular flexibility index (Phi) is 4.64. The van der Waals surface area contributed by atoms with Gasteiger partial charge in [-0.15, -0.1) is 23.7 Å². The van der Waals surface area contributed by atoms with Gasteiger partial charge in [-0.3, -0.25) is 4.90 Å². The number of aryl methyl sites for hydroxylation is 1. The zero-order valence-electron chi connectivity index (χ0n) is 10.8. The lowest BCUT2D eigenvalue weighted by molar-refractivity contribution is 0.259. The first-order valence-electron chi connectivity index (χ1n) is 6.61. The predicted octanol–water partition coefficient (Wildman–Crippen LogP) is 2.43. The van der Waals surface area contributed by atoms with E-state index in [4.69, 9.17) is 5.73 Å². The first kappa shape index (κ1) is 14.3. The van der Waals surface area contributed by atoms with Crippen LogP contribution in [0.15, 0.2) is 5.38 Å². The lowest BCUT2D eigenvalue weighted by Gasteiger charge is -2.29. The van der Waals surface area contributed by atoms with Crippen LogP contribution in [-0.4, -0.2) is 29.0 Å². The minimum atomic E-state index is 0. The quantitative estimate of drug-likeness (QED) is 0.908. The molecule has 3 rings (SSSR count). The average molecular weight is 288 g/mol. The van der Waals surface area contributed by atoms with Gasteiger partial charge in [0.15, 0.2) is 0 Å². The SMILES string of the molecule is Cc1csc(CN2CC3CCCC(N)C3C2)n1.Cl. The molecule has 1 aliphatic heterocycles. The normalized spacial score (nSPS) is 32.0. The third-order valence-corrected chi connectivity index (χ3v) is 5.21. The third-order valence-electron chi connectivity index (χ3n) is 4.25. The second-order valence-corrected chi connectivity index (χ2v) is 6.54. The fraction of sp³-hybridized carbons (Fsp3) is 0.769. The van der Waals surface area contributed by atoms with Gasteiger partial charge in [-0.25, -0.2) is 4.98 Å². The van der Waals surface area contributed by atoms with Gasteiger partial charge in [-0.1, -0.05) is 6.42 Å². The molecule has 0 radical (unpaired) electrons. The summed E-state index contributed by atoms with van der Waals surface area (Å²) < 4.78 is 0. The van der Waals surface area contributed by atoms with Gasteiger partial charge in [0.1, 0.15) is 5.01 Å². The van der Waals surface area contributed by atoms with Gasteiger partial charge in [0.25, 0.3) is 0 Å². The maximum Gasteiger partial charge on any atom is 0.107 e. The first-order valence-corrected chi connectivity index (χ1v) is 7.49. The summed E-state index contributed by atoms with van der Waals surface area (Å²) in [7, 11) is 0. The molecule has 1 aromatic heterocycles. The number of likely N-dealkylation sites (tertiary alicyclic amines) is 1. The predicted molar refractivity (Wildman–Crippen MR) is 78.2 cm³/mol. The highest BCUT2D eigenvalue weighted by atomic mass is 35.5. The van der Waals surface area contributed by atoms with Gasteiger partial charge >= 0.3 is 0 Å². The number of hydrogen-bond acceptors (Lipinski definition) is 4. The standard InChI is InChI=1S/C13H21N3S.ClH/c1-9-8-17-13(15-9)7-16-5-10-3-2-4-12(14)11(10)6-16;/h8,10-12H,2-7,14H2,1H3;1H. The molecule has 3 unspecified atom stereocenters. The maximum atomic E-state index is 6.24. The molecule has 0 bridgehead atoms. The summed E-state index contributed by atoms with van der Waals surface area (Å²) in [5, 5.41) is 3.40. The Hall–Kier alpha value is -0.160. The molecule has 18 heavy (non-hydrogen) atoms. The molecule has 1 aromatic rings. The second-order valence-electron chi connectivity index (χ2n) is 5.60. The number of nitrogens with zero attached hydrogens (tertiary/aromatic N) is 2. The van der Waals surface area contributed by atoms with Crippen molar-refractivity contribution in [2.45, 2.75) is 38.8 Å². The number of halogens is 1. The fourth-order valence-electron chi connectivity index (χ4n) is 3.40. The van der Waals surface area contributed by atoms with E-state index in [1.165, 1.54) is 37.4 Å². The van der Waals surface area contributed by atoms with E-state index in [1.807, 2.05) is 0 Å². The number of fused-ring (bicyclic) bond motifs is 1. The number of thiazole rings is 1. The third kappa shape index (κ3) is 2.87. The summed E-state index contributed by atoms with van der Waals surface area (Å²) in [4.78, 5) is 7.11. The topological polar surface area (TPSA) is 42.1 Å². The highest BCUT2D eigenvalue weighted by Crippen LogP contribution is 2.36. The summed E-state index contributed by atoms with van der Waals surface area (Å²) in [5.41, 5.74) is 7.39. The smallest absolute Gasteiger partial charge is 0.107 e. The lowest BCUT2D eigenvalue weighted by Crippen LogP contribution is -2.38. The number of aromatic nitrogens is 1. The largest absolute Gasteiger partial charge is 0.327 e. The monoisotopic (exact) mass is 287 g/mol. The molecule has 5 heteroatoms. The molecule has 0 amide bonds. The van der Waals surface area contributed by atoms with Gasteiger partial charge in [-0.05, 0) is 31.6 Å². The van der Waals surface area contributed by atoms with Crippen molar-refractivity contribution in [1.82, 2.24) is 9.88 Å². The van der Waals surface area contributed by atoms with E-state index in [0.29, 0.717) is 6.04 Å². The number of nitrogens with two attached hydrogens (primary N) is 1. The Labute approximate surface area is 119 Å². The van der Waals surface area contributed by atoms with E-state index < -0.39 is 0 Å². The van der Waals surface area contributed by atoms with Crippen LogP contribution < -0.4 is 5.73 Å². The average Bonchev–Trinajstić information content (AvgIpc) is 2.86. The van der Waals surface area contributed by atoms with Crippen LogP contribution in [0.4, 0.5) is 0 Å². The molecule has 1 saturated heterocycles. The van der Waals surface area contributed by atoms with Gasteiger partial charge in [0, 0.05) is 30.2 Å². The van der Waals surface area contributed by atoms with Crippen molar-refractivity contribution in [1.29, 1.82) is 0 Å². The minimum absolute atomic E-state index is 0. The van der Waals surface area contributed by atoms with E-state index in [2.05, 4.69) is 22.2 Å². The van der Waals surface area contributed by atoms with E-state index in [0.717, 1.165) is 24.1 Å². The molecule has 2 fully saturated rings. The molecule has 3 atom stereocenters. The van der Waals surface area contributed by atoms with Gasteiger partial charge < -0.3 is 5.73 Å². The molecule has 1 aliphatic carbocycles. The van der Waals surface area contributed by atoms with E-state index in [-0.39, 0.29) is 12.4 Å². The van der Waals surface area contributed by atoms with Crippen molar-refractivity contribution in [3.8, 4) is 0 Å². The van der Waals surface area contributed by atoms with E-state index in [9.17, 15) is 0 Å². The van der Waals surface area contributed by atoms with Gasteiger partial charge in [0.2, 0.25) is 0 Å². The zero-order chi connectivity index (χ0) is 11.8. The van der Waals surface area contributed by atoms with Crippen LogP contribution in [0.1, 0.15) is 30.0 Å². The summed E-state index contributed by atoms with van der Waals surface area (Å²) >= 11 is 1.79. The second kappa shape index (κ2) is 5.87. The zero-order valence-corrected chi connectivity index (χ0v) is 12.5. The van der Waals surface area contributed by atoms with E-state index in [1.54, 1.807) is 11.3 Å². The fourth-order valence-corrected chi connectivity index (χ4v) is 4.22. The van der Waals surface area contributed by atoms with Crippen LogP contribution in [-0.2, 0) is 6.54 Å². The molecule has 0 aromatic carbocycles. The molecule has 102 valence electrons. The summed E-state index contributed by atoms with van der Waals surface area (Å²) in [5.74, 6) is 1.59. The van der Waals surface area contributed by atoms with Crippen LogP contribution >= 0.6 is 23.7 Å². The van der Waals surface area contributed by atoms with Crippen LogP contribution in [0, 0.1) is 18.8 Å². The van der Waals surface area contributed by atoms with Crippen LogP contribution in [0.3, 0.4) is 0 Å². The first-order chi connectivity index (χ1) is 8.22. The van der Waals surface area contributed by atoms with Crippen molar-refractivity contribution >= 4 is 23.7 Å². The molecule has 1 saturated carbocycles. The van der Waals surface area contributed by atoms with Crippen molar-refractivity contribution in [3.63, 3.8) is 0 Å². The summed E-state index contributed by atoms with van der Waals surface area (Å²) in [6, 6.07) is 0.441. The van der Waals surface area contributed by atoms with E-state index >= 15 is 0 Å². The molecule has 0 spiro atoms.